The van der Waals surface area contributed by atoms with Crippen molar-refractivity contribution >= 4 is 16.7 Å². The van der Waals surface area contributed by atoms with E-state index < -0.39 is 12.7 Å². The minimum atomic E-state index is -4.15. The second-order valence-electron chi connectivity index (χ2n) is 11.1. The molecule has 1 atom stereocenters. The summed E-state index contributed by atoms with van der Waals surface area (Å²) in [6.45, 7) is 3.30. The molecular formula is C25H24F3N7. The fourth-order valence-corrected chi connectivity index (χ4v) is 6.52. The molecule has 0 unspecified atom stereocenters. The Kier molecular flexibility index (Phi) is 3.93. The van der Waals surface area contributed by atoms with E-state index in [1.165, 1.54) is 4.90 Å². The van der Waals surface area contributed by atoms with Crippen LogP contribution in [0.4, 0.5) is 19.0 Å². The summed E-state index contributed by atoms with van der Waals surface area (Å²) in [6, 6.07) is 10.7. The van der Waals surface area contributed by atoms with Gasteiger partial charge in [-0.2, -0.15) is 23.5 Å². The second kappa shape index (κ2) is 6.52. The average Bonchev–Trinajstić information content (AvgIpc) is 3.62. The summed E-state index contributed by atoms with van der Waals surface area (Å²) in [4.78, 5) is 12.8. The van der Waals surface area contributed by atoms with Crippen LogP contribution in [0.3, 0.4) is 0 Å². The van der Waals surface area contributed by atoms with Crippen molar-refractivity contribution in [2.24, 2.45) is 10.8 Å². The Labute approximate surface area is 200 Å². The SMILES string of the molecule is Cc1nc(N2CC3(CN(CC(F)(F)F)C3)C2)cc(-n2ncc3ccc([C@]4(C#N)CC45CC5)cc32)n1. The molecule has 10 heteroatoms. The van der Waals surface area contributed by atoms with Crippen LogP contribution in [0.15, 0.2) is 30.5 Å². The van der Waals surface area contributed by atoms with Crippen LogP contribution in [0.5, 0.6) is 0 Å². The predicted octanol–water partition coefficient (Wildman–Crippen LogP) is 3.75. The van der Waals surface area contributed by atoms with Gasteiger partial charge in [0.1, 0.15) is 11.6 Å². The standard InChI is InChI=1S/C25H24F3N7/c1-16-31-20(34-13-22(14-34)11-33(12-22)15-25(26,27)28)7-21(32-16)35-19-6-18(3-2-17(19)8-30-35)24(10-29)9-23(24)4-5-23/h2-3,6-8H,4-5,9,11-15H2,1H3/t24-/m1/s1. The van der Waals surface area contributed by atoms with Gasteiger partial charge in [-0.15, -0.1) is 0 Å². The molecule has 2 aliphatic carbocycles. The van der Waals surface area contributed by atoms with E-state index in [1.807, 2.05) is 19.1 Å². The first-order valence-corrected chi connectivity index (χ1v) is 11.9. The van der Waals surface area contributed by atoms with Crippen LogP contribution in [-0.4, -0.2) is 63.5 Å². The maximum Gasteiger partial charge on any atom is 0.401 e. The summed E-state index contributed by atoms with van der Waals surface area (Å²) in [5.41, 5.74) is 1.69. The van der Waals surface area contributed by atoms with Gasteiger partial charge in [0.05, 0.1) is 29.7 Å². The molecule has 2 aromatic heterocycles. The zero-order valence-electron chi connectivity index (χ0n) is 19.3. The van der Waals surface area contributed by atoms with E-state index >= 15 is 0 Å². The third-order valence-corrected chi connectivity index (χ3v) is 8.42. The van der Waals surface area contributed by atoms with Crippen molar-refractivity contribution in [2.45, 2.75) is 37.8 Å². The molecular weight excluding hydrogens is 455 g/mol. The van der Waals surface area contributed by atoms with Crippen molar-refractivity contribution < 1.29 is 13.2 Å². The fraction of sp³-hybridized carbons (Fsp3) is 0.520. The van der Waals surface area contributed by atoms with Crippen LogP contribution < -0.4 is 4.90 Å². The van der Waals surface area contributed by atoms with Gasteiger partial charge in [-0.3, -0.25) is 4.90 Å². The average molecular weight is 480 g/mol. The largest absolute Gasteiger partial charge is 0.401 e. The highest BCUT2D eigenvalue weighted by Gasteiger charge is 2.75. The third-order valence-electron chi connectivity index (χ3n) is 8.42. The van der Waals surface area contributed by atoms with Crippen molar-refractivity contribution in [3.8, 4) is 11.9 Å². The van der Waals surface area contributed by atoms with Gasteiger partial charge in [0.25, 0.3) is 0 Å². The van der Waals surface area contributed by atoms with Gasteiger partial charge < -0.3 is 4.90 Å². The first-order chi connectivity index (χ1) is 16.6. The van der Waals surface area contributed by atoms with E-state index in [4.69, 9.17) is 0 Å². The molecule has 2 aliphatic heterocycles. The number of benzene rings is 1. The molecule has 35 heavy (non-hydrogen) atoms. The van der Waals surface area contributed by atoms with Gasteiger partial charge in [-0.1, -0.05) is 12.1 Å². The number of fused-ring (bicyclic) bond motifs is 1. The molecule has 0 radical (unpaired) electrons. The monoisotopic (exact) mass is 479 g/mol. The molecule has 2 saturated heterocycles. The van der Waals surface area contributed by atoms with E-state index in [0.29, 0.717) is 37.8 Å². The number of likely N-dealkylation sites (tertiary alicyclic amines) is 1. The van der Waals surface area contributed by atoms with Gasteiger partial charge in [0.2, 0.25) is 0 Å². The molecule has 1 aromatic carbocycles. The molecule has 3 aromatic rings. The Morgan fingerprint density at radius 2 is 1.80 bits per heavy atom. The molecule has 4 aliphatic rings. The molecule has 4 fully saturated rings. The molecule has 0 bridgehead atoms. The van der Waals surface area contributed by atoms with E-state index in [-0.39, 0.29) is 16.2 Å². The molecule has 7 rings (SSSR count). The maximum atomic E-state index is 12.6. The minimum Gasteiger partial charge on any atom is -0.355 e. The third kappa shape index (κ3) is 3.10. The van der Waals surface area contributed by atoms with E-state index in [9.17, 15) is 18.4 Å². The summed E-state index contributed by atoms with van der Waals surface area (Å²) < 4.78 is 39.7. The molecule has 7 nitrogen and oxygen atoms in total. The highest BCUT2D eigenvalue weighted by atomic mass is 19.4. The summed E-state index contributed by atoms with van der Waals surface area (Å²) in [7, 11) is 0. The lowest BCUT2D eigenvalue weighted by molar-refractivity contribution is -0.172. The van der Waals surface area contributed by atoms with E-state index in [2.05, 4.69) is 38.2 Å². The van der Waals surface area contributed by atoms with Gasteiger partial charge in [0.15, 0.2) is 5.82 Å². The number of rotatable bonds is 4. The fourth-order valence-electron chi connectivity index (χ4n) is 6.52. The number of alkyl halides is 3. The number of aromatic nitrogens is 4. The highest BCUT2D eigenvalue weighted by Crippen LogP contribution is 2.78. The Morgan fingerprint density at radius 1 is 1.06 bits per heavy atom. The van der Waals surface area contributed by atoms with E-state index in [1.54, 1.807) is 10.9 Å². The Bertz CT molecular complexity index is 1400. The van der Waals surface area contributed by atoms with Crippen molar-refractivity contribution in [3.63, 3.8) is 0 Å². The molecule has 0 amide bonds. The van der Waals surface area contributed by atoms with Crippen molar-refractivity contribution in [1.29, 1.82) is 5.26 Å². The molecule has 4 heterocycles. The van der Waals surface area contributed by atoms with Gasteiger partial charge >= 0.3 is 6.18 Å². The van der Waals surface area contributed by atoms with Crippen LogP contribution in [0, 0.1) is 29.1 Å². The molecule has 180 valence electrons. The number of hydrogen-bond acceptors (Lipinski definition) is 6. The highest BCUT2D eigenvalue weighted by molar-refractivity contribution is 5.82. The molecule has 0 N–H and O–H groups in total. The van der Waals surface area contributed by atoms with Crippen molar-refractivity contribution in [3.05, 3.63) is 41.9 Å². The normalized spacial score (nSPS) is 26.0. The van der Waals surface area contributed by atoms with Crippen LogP contribution in [0.2, 0.25) is 0 Å². The van der Waals surface area contributed by atoms with Crippen LogP contribution in [0.25, 0.3) is 16.7 Å². The lowest BCUT2D eigenvalue weighted by Gasteiger charge is -2.60. The predicted molar refractivity (Wildman–Crippen MR) is 122 cm³/mol. The second-order valence-corrected chi connectivity index (χ2v) is 11.1. The number of nitriles is 1. The lowest BCUT2D eigenvalue weighted by Crippen LogP contribution is -2.73. The van der Waals surface area contributed by atoms with Crippen LogP contribution in [0.1, 0.15) is 30.7 Å². The van der Waals surface area contributed by atoms with Gasteiger partial charge in [0, 0.05) is 43.0 Å². The number of nitrogens with zero attached hydrogens (tertiary/aromatic N) is 7. The summed E-state index contributed by atoms with van der Waals surface area (Å²) in [6.07, 6.45) is 0.832. The minimum absolute atomic E-state index is 0.0772. The zero-order valence-corrected chi connectivity index (χ0v) is 19.3. The smallest absolute Gasteiger partial charge is 0.355 e. The quantitative estimate of drug-likeness (QED) is 0.568. The summed E-state index contributed by atoms with van der Waals surface area (Å²) in [5, 5.41) is 15.5. The Hall–Kier alpha value is -3.19. The summed E-state index contributed by atoms with van der Waals surface area (Å²) in [5.74, 6) is 2.02. The topological polar surface area (TPSA) is 73.9 Å². The number of hydrogen-bond donors (Lipinski definition) is 0. The number of halogens is 3. The van der Waals surface area contributed by atoms with Crippen LogP contribution >= 0.6 is 0 Å². The maximum absolute atomic E-state index is 12.6. The molecule has 2 saturated carbocycles. The first kappa shape index (κ1) is 21.1. The molecule has 2 spiro atoms. The van der Waals surface area contributed by atoms with Crippen molar-refractivity contribution in [1.82, 2.24) is 24.6 Å². The van der Waals surface area contributed by atoms with E-state index in [0.717, 1.165) is 41.5 Å². The number of anilines is 1. The van der Waals surface area contributed by atoms with Crippen LogP contribution in [-0.2, 0) is 5.41 Å². The zero-order chi connectivity index (χ0) is 24.2. The summed E-state index contributed by atoms with van der Waals surface area (Å²) >= 11 is 0. The number of aryl methyl sites for hydroxylation is 1. The first-order valence-electron chi connectivity index (χ1n) is 11.9. The van der Waals surface area contributed by atoms with Crippen molar-refractivity contribution in [2.75, 3.05) is 37.6 Å². The Balaban J connectivity index is 1.15. The lowest BCUT2D eigenvalue weighted by atomic mass is 9.73. The van der Waals surface area contributed by atoms with Gasteiger partial charge in [-0.25, -0.2) is 14.6 Å². The Morgan fingerprint density at radius 3 is 2.46 bits per heavy atom. The van der Waals surface area contributed by atoms with Gasteiger partial charge in [-0.05, 0) is 43.2 Å².